The van der Waals surface area contributed by atoms with Gasteiger partial charge in [0.1, 0.15) is 12.2 Å². The van der Waals surface area contributed by atoms with Crippen molar-refractivity contribution in [1.29, 1.82) is 0 Å². The summed E-state index contributed by atoms with van der Waals surface area (Å²) in [5.41, 5.74) is 0. The van der Waals surface area contributed by atoms with Gasteiger partial charge in [-0.25, -0.2) is 4.98 Å². The van der Waals surface area contributed by atoms with Gasteiger partial charge in [-0.1, -0.05) is 0 Å². The van der Waals surface area contributed by atoms with E-state index in [1.807, 2.05) is 7.05 Å². The Morgan fingerprint density at radius 1 is 1.75 bits per heavy atom. The lowest BCUT2D eigenvalue weighted by Gasteiger charge is -2.22. The molecule has 0 bridgehead atoms. The van der Waals surface area contributed by atoms with Gasteiger partial charge in [-0.05, 0) is 0 Å². The van der Waals surface area contributed by atoms with Crippen molar-refractivity contribution in [2.45, 2.75) is 6.04 Å². The molecule has 0 saturated carbocycles. The van der Waals surface area contributed by atoms with Crippen molar-refractivity contribution in [3.8, 4) is 0 Å². The van der Waals surface area contributed by atoms with Gasteiger partial charge in [-0.3, -0.25) is 4.68 Å². The van der Waals surface area contributed by atoms with Crippen molar-refractivity contribution in [3.63, 3.8) is 0 Å². The molecule has 0 aromatic carbocycles. The topological polar surface area (TPSA) is 52.0 Å². The number of hydrogen-bond donors (Lipinski definition) is 1. The first-order valence-corrected chi connectivity index (χ1v) is 4.03. The third-order valence-corrected chi connectivity index (χ3v) is 1.98. The molecule has 1 aromatic rings. The molecule has 5 heteroatoms. The summed E-state index contributed by atoms with van der Waals surface area (Å²) in [4.78, 5) is 4.15. The first-order chi connectivity index (χ1) is 5.88. The fourth-order valence-corrected chi connectivity index (χ4v) is 1.35. The fraction of sp³-hybridized carbons (Fsp3) is 0.714. The SMILES string of the molecule is Cn1ncnc1[C@H]1COCCN1. The second-order valence-electron chi connectivity index (χ2n) is 2.82. The minimum Gasteiger partial charge on any atom is -0.378 e. The maximum absolute atomic E-state index is 5.32. The summed E-state index contributed by atoms with van der Waals surface area (Å²) in [6.45, 7) is 2.36. The molecule has 1 N–H and O–H groups in total. The smallest absolute Gasteiger partial charge is 0.146 e. The fourth-order valence-electron chi connectivity index (χ4n) is 1.35. The lowest BCUT2D eigenvalue weighted by Crippen LogP contribution is -2.36. The van der Waals surface area contributed by atoms with Crippen molar-refractivity contribution < 1.29 is 4.74 Å². The van der Waals surface area contributed by atoms with Gasteiger partial charge in [0, 0.05) is 13.6 Å². The van der Waals surface area contributed by atoms with Gasteiger partial charge in [-0.15, -0.1) is 0 Å². The standard InChI is InChI=1S/C7H12N4O/c1-11-7(9-5-10-11)6-4-12-3-2-8-6/h5-6,8H,2-4H2,1H3/t6-/m1/s1. The Bertz CT molecular complexity index is 254. The summed E-state index contributed by atoms with van der Waals surface area (Å²) in [6.07, 6.45) is 1.56. The van der Waals surface area contributed by atoms with Crippen LogP contribution >= 0.6 is 0 Å². The first-order valence-electron chi connectivity index (χ1n) is 4.03. The van der Waals surface area contributed by atoms with Crippen LogP contribution in [0.25, 0.3) is 0 Å². The monoisotopic (exact) mass is 168 g/mol. The van der Waals surface area contributed by atoms with Crippen LogP contribution in [0.3, 0.4) is 0 Å². The summed E-state index contributed by atoms with van der Waals surface area (Å²) in [5.74, 6) is 0.940. The van der Waals surface area contributed by atoms with E-state index in [0.29, 0.717) is 6.61 Å². The highest BCUT2D eigenvalue weighted by Crippen LogP contribution is 2.10. The third-order valence-electron chi connectivity index (χ3n) is 1.98. The normalized spacial score (nSPS) is 24.2. The van der Waals surface area contributed by atoms with E-state index in [1.165, 1.54) is 0 Å². The highest BCUT2D eigenvalue weighted by molar-refractivity contribution is 4.94. The average Bonchev–Trinajstić information content (AvgIpc) is 2.53. The first kappa shape index (κ1) is 7.70. The van der Waals surface area contributed by atoms with Gasteiger partial charge in [-0.2, -0.15) is 5.10 Å². The summed E-state index contributed by atoms with van der Waals surface area (Å²) in [6, 6.07) is 0.200. The van der Waals surface area contributed by atoms with Gasteiger partial charge in [0.2, 0.25) is 0 Å². The second kappa shape index (κ2) is 3.20. The number of ether oxygens (including phenoxy) is 1. The molecule has 1 fully saturated rings. The van der Waals surface area contributed by atoms with E-state index in [0.717, 1.165) is 19.0 Å². The van der Waals surface area contributed by atoms with Crippen LogP contribution in [-0.2, 0) is 11.8 Å². The van der Waals surface area contributed by atoms with Crippen molar-refractivity contribution in [2.24, 2.45) is 7.05 Å². The summed E-state index contributed by atoms with van der Waals surface area (Å²) in [5, 5.41) is 7.32. The Hall–Kier alpha value is -0.940. The molecule has 0 radical (unpaired) electrons. The van der Waals surface area contributed by atoms with Crippen LogP contribution in [0.2, 0.25) is 0 Å². The van der Waals surface area contributed by atoms with Crippen LogP contribution in [0, 0.1) is 0 Å². The molecule has 0 spiro atoms. The predicted octanol–water partition coefficient (Wildman–Crippen LogP) is -0.524. The van der Waals surface area contributed by atoms with E-state index in [9.17, 15) is 0 Å². The van der Waals surface area contributed by atoms with Gasteiger partial charge in [0.05, 0.1) is 19.3 Å². The van der Waals surface area contributed by atoms with E-state index in [2.05, 4.69) is 15.4 Å². The lowest BCUT2D eigenvalue weighted by atomic mass is 10.2. The highest BCUT2D eigenvalue weighted by atomic mass is 16.5. The van der Waals surface area contributed by atoms with E-state index >= 15 is 0 Å². The number of morpholine rings is 1. The highest BCUT2D eigenvalue weighted by Gasteiger charge is 2.18. The molecule has 0 unspecified atom stereocenters. The molecule has 2 rings (SSSR count). The minimum atomic E-state index is 0.200. The predicted molar refractivity (Wildman–Crippen MR) is 42.6 cm³/mol. The third kappa shape index (κ3) is 1.33. The molecule has 5 nitrogen and oxygen atoms in total. The molecule has 12 heavy (non-hydrogen) atoms. The van der Waals surface area contributed by atoms with Crippen LogP contribution in [0.1, 0.15) is 11.9 Å². The zero-order valence-corrected chi connectivity index (χ0v) is 7.03. The lowest BCUT2D eigenvalue weighted by molar-refractivity contribution is 0.0730. The molecule has 0 amide bonds. The van der Waals surface area contributed by atoms with Crippen molar-refractivity contribution in [1.82, 2.24) is 20.1 Å². The molecule has 0 aliphatic carbocycles. The Labute approximate surface area is 70.7 Å². The average molecular weight is 168 g/mol. The van der Waals surface area contributed by atoms with E-state index in [-0.39, 0.29) is 6.04 Å². The van der Waals surface area contributed by atoms with Gasteiger partial charge in [0.25, 0.3) is 0 Å². The Kier molecular flexibility index (Phi) is 2.05. The van der Waals surface area contributed by atoms with E-state index in [4.69, 9.17) is 4.74 Å². The molecular formula is C7H12N4O. The number of aromatic nitrogens is 3. The Morgan fingerprint density at radius 2 is 2.67 bits per heavy atom. The zero-order valence-electron chi connectivity index (χ0n) is 7.03. The molecule has 1 aliphatic rings. The molecule has 1 aromatic heterocycles. The van der Waals surface area contributed by atoms with E-state index in [1.54, 1.807) is 11.0 Å². The number of aryl methyl sites for hydroxylation is 1. The zero-order chi connectivity index (χ0) is 8.39. The van der Waals surface area contributed by atoms with Crippen LogP contribution in [-0.4, -0.2) is 34.5 Å². The molecule has 66 valence electrons. The molecular weight excluding hydrogens is 156 g/mol. The number of rotatable bonds is 1. The summed E-state index contributed by atoms with van der Waals surface area (Å²) in [7, 11) is 1.89. The van der Waals surface area contributed by atoms with Crippen molar-refractivity contribution >= 4 is 0 Å². The summed E-state index contributed by atoms with van der Waals surface area (Å²) < 4.78 is 7.09. The minimum absolute atomic E-state index is 0.200. The van der Waals surface area contributed by atoms with Gasteiger partial charge in [0.15, 0.2) is 0 Å². The maximum Gasteiger partial charge on any atom is 0.146 e. The largest absolute Gasteiger partial charge is 0.378 e. The van der Waals surface area contributed by atoms with Crippen molar-refractivity contribution in [2.75, 3.05) is 19.8 Å². The van der Waals surface area contributed by atoms with Crippen molar-refractivity contribution in [3.05, 3.63) is 12.2 Å². The number of nitrogens with zero attached hydrogens (tertiary/aromatic N) is 3. The molecule has 1 atom stereocenters. The number of nitrogens with one attached hydrogen (secondary N) is 1. The van der Waals surface area contributed by atoms with E-state index < -0.39 is 0 Å². The Morgan fingerprint density at radius 3 is 3.25 bits per heavy atom. The van der Waals surface area contributed by atoms with Gasteiger partial charge >= 0.3 is 0 Å². The quantitative estimate of drug-likeness (QED) is 0.613. The maximum atomic E-state index is 5.32. The number of hydrogen-bond acceptors (Lipinski definition) is 4. The second-order valence-corrected chi connectivity index (χ2v) is 2.82. The van der Waals surface area contributed by atoms with Crippen LogP contribution in [0.15, 0.2) is 6.33 Å². The molecule has 1 aliphatic heterocycles. The van der Waals surface area contributed by atoms with Crippen LogP contribution < -0.4 is 5.32 Å². The molecule has 2 heterocycles. The Balaban J connectivity index is 2.13. The molecule has 1 saturated heterocycles. The van der Waals surface area contributed by atoms with Crippen LogP contribution in [0.4, 0.5) is 0 Å². The summed E-state index contributed by atoms with van der Waals surface area (Å²) >= 11 is 0. The van der Waals surface area contributed by atoms with Crippen LogP contribution in [0.5, 0.6) is 0 Å². The van der Waals surface area contributed by atoms with Gasteiger partial charge < -0.3 is 10.1 Å².